The normalized spacial score (nSPS) is 14.7. The fraction of sp³-hybridized carbons (Fsp3) is 0.120. The van der Waals surface area contributed by atoms with Crippen molar-refractivity contribution < 1.29 is 19.1 Å². The van der Waals surface area contributed by atoms with Gasteiger partial charge in [0.05, 0.1) is 11.4 Å². The van der Waals surface area contributed by atoms with Crippen LogP contribution in [0.25, 0.3) is 6.08 Å². The van der Waals surface area contributed by atoms with E-state index < -0.39 is 0 Å². The monoisotopic (exact) mass is 499 g/mol. The number of imide groups is 1. The standard InChI is InChI=1S/C25H19Cl2NO4S/c26-19-6-10-21(11-7-19)31-13-12-28-24(29)23(33-25(28)30)15-17-4-8-22(9-5-17)32-16-18-2-1-3-20(27)14-18/h1-11,14-15H,12-13,16H2/b23-15-. The van der Waals surface area contributed by atoms with Crippen LogP contribution >= 0.6 is 35.0 Å². The largest absolute Gasteiger partial charge is 0.492 e. The second-order valence-corrected chi connectivity index (χ2v) is 8.99. The molecule has 0 bridgehead atoms. The molecule has 8 heteroatoms. The first-order valence-corrected chi connectivity index (χ1v) is 11.7. The van der Waals surface area contributed by atoms with Crippen LogP contribution in [-0.4, -0.2) is 29.2 Å². The minimum Gasteiger partial charge on any atom is -0.492 e. The maximum Gasteiger partial charge on any atom is 0.293 e. The van der Waals surface area contributed by atoms with Crippen LogP contribution < -0.4 is 9.47 Å². The van der Waals surface area contributed by atoms with Gasteiger partial charge in [0.2, 0.25) is 0 Å². The molecule has 5 nitrogen and oxygen atoms in total. The van der Waals surface area contributed by atoms with Crippen LogP contribution in [0.4, 0.5) is 4.79 Å². The number of amides is 2. The molecule has 0 aliphatic carbocycles. The first-order valence-electron chi connectivity index (χ1n) is 10.1. The first kappa shape index (κ1) is 23.2. The minimum absolute atomic E-state index is 0.168. The SMILES string of the molecule is O=C1S/C(=C\c2ccc(OCc3cccc(Cl)c3)cc2)C(=O)N1CCOc1ccc(Cl)cc1. The summed E-state index contributed by atoms with van der Waals surface area (Å²) in [6, 6.07) is 21.7. The smallest absolute Gasteiger partial charge is 0.293 e. The Morgan fingerprint density at radius 1 is 0.848 bits per heavy atom. The molecule has 1 aliphatic rings. The molecule has 0 N–H and O–H groups in total. The predicted molar refractivity (Wildman–Crippen MR) is 132 cm³/mol. The summed E-state index contributed by atoms with van der Waals surface area (Å²) in [6.07, 6.45) is 1.70. The van der Waals surface area contributed by atoms with Gasteiger partial charge in [-0.1, -0.05) is 47.5 Å². The quantitative estimate of drug-likeness (QED) is 0.323. The zero-order valence-corrected chi connectivity index (χ0v) is 19.7. The van der Waals surface area contributed by atoms with E-state index in [1.165, 1.54) is 4.90 Å². The summed E-state index contributed by atoms with van der Waals surface area (Å²) in [6.45, 7) is 0.767. The molecule has 3 aromatic rings. The van der Waals surface area contributed by atoms with E-state index in [-0.39, 0.29) is 24.3 Å². The van der Waals surface area contributed by atoms with E-state index in [0.29, 0.717) is 33.1 Å². The average Bonchev–Trinajstić information content (AvgIpc) is 3.07. The number of thioether (sulfide) groups is 1. The Labute approximate surface area is 205 Å². The summed E-state index contributed by atoms with van der Waals surface area (Å²) in [5, 5.41) is 0.962. The van der Waals surface area contributed by atoms with Crippen molar-refractivity contribution in [2.45, 2.75) is 6.61 Å². The Morgan fingerprint density at radius 3 is 2.27 bits per heavy atom. The first-order chi connectivity index (χ1) is 16.0. The van der Waals surface area contributed by atoms with Crippen LogP contribution in [0.3, 0.4) is 0 Å². The molecule has 1 heterocycles. The lowest BCUT2D eigenvalue weighted by molar-refractivity contribution is -0.123. The lowest BCUT2D eigenvalue weighted by Gasteiger charge is -2.13. The van der Waals surface area contributed by atoms with Crippen molar-refractivity contribution in [2.24, 2.45) is 0 Å². The summed E-state index contributed by atoms with van der Waals surface area (Å²) in [4.78, 5) is 26.5. The van der Waals surface area contributed by atoms with Crippen LogP contribution in [-0.2, 0) is 11.4 Å². The molecule has 2 amide bonds. The Hall–Kier alpha value is -2.93. The molecule has 3 aromatic carbocycles. The highest BCUT2D eigenvalue weighted by Crippen LogP contribution is 2.32. The number of ether oxygens (including phenoxy) is 2. The molecule has 0 unspecified atom stereocenters. The highest BCUT2D eigenvalue weighted by Gasteiger charge is 2.34. The molecule has 0 radical (unpaired) electrons. The number of rotatable bonds is 8. The molecule has 33 heavy (non-hydrogen) atoms. The van der Waals surface area contributed by atoms with Crippen molar-refractivity contribution in [2.75, 3.05) is 13.2 Å². The van der Waals surface area contributed by atoms with Gasteiger partial charge in [-0.05, 0) is 77.5 Å². The Bertz CT molecular complexity index is 1180. The van der Waals surface area contributed by atoms with Gasteiger partial charge >= 0.3 is 0 Å². The van der Waals surface area contributed by atoms with Crippen molar-refractivity contribution in [3.05, 3.63) is 98.9 Å². The lowest BCUT2D eigenvalue weighted by Crippen LogP contribution is -2.32. The van der Waals surface area contributed by atoms with Gasteiger partial charge in [-0.2, -0.15) is 0 Å². The summed E-state index contributed by atoms with van der Waals surface area (Å²) < 4.78 is 11.4. The molecule has 1 aliphatic heterocycles. The fourth-order valence-electron chi connectivity index (χ4n) is 3.08. The fourth-order valence-corrected chi connectivity index (χ4v) is 4.29. The van der Waals surface area contributed by atoms with E-state index in [2.05, 4.69) is 0 Å². The second kappa shape index (κ2) is 10.8. The van der Waals surface area contributed by atoms with Crippen LogP contribution in [0.5, 0.6) is 11.5 Å². The van der Waals surface area contributed by atoms with Gasteiger partial charge in [-0.3, -0.25) is 14.5 Å². The number of halogens is 2. The third-order valence-electron chi connectivity index (χ3n) is 4.74. The number of benzene rings is 3. The molecule has 4 rings (SSSR count). The molecule has 0 aromatic heterocycles. The van der Waals surface area contributed by atoms with Crippen molar-refractivity contribution in [3.63, 3.8) is 0 Å². The Balaban J connectivity index is 1.32. The number of carbonyl (C=O) groups is 2. The maximum atomic E-state index is 12.7. The number of hydrogen-bond acceptors (Lipinski definition) is 5. The van der Waals surface area contributed by atoms with E-state index >= 15 is 0 Å². The third kappa shape index (κ3) is 6.32. The third-order valence-corrected chi connectivity index (χ3v) is 6.14. The van der Waals surface area contributed by atoms with E-state index in [1.807, 2.05) is 48.5 Å². The number of hydrogen-bond donors (Lipinski definition) is 0. The summed E-state index contributed by atoms with van der Waals surface area (Å²) in [5.41, 5.74) is 1.77. The highest BCUT2D eigenvalue weighted by molar-refractivity contribution is 8.18. The zero-order chi connectivity index (χ0) is 23.2. The van der Waals surface area contributed by atoms with Crippen LogP contribution in [0, 0.1) is 0 Å². The van der Waals surface area contributed by atoms with E-state index in [9.17, 15) is 9.59 Å². The van der Waals surface area contributed by atoms with E-state index in [4.69, 9.17) is 32.7 Å². The molecule has 168 valence electrons. The van der Waals surface area contributed by atoms with Crippen molar-refractivity contribution in [3.8, 4) is 11.5 Å². The molecule has 1 saturated heterocycles. The van der Waals surface area contributed by atoms with Gasteiger partial charge < -0.3 is 9.47 Å². The van der Waals surface area contributed by atoms with Gasteiger partial charge in [0.25, 0.3) is 11.1 Å². The summed E-state index contributed by atoms with van der Waals surface area (Å²) in [7, 11) is 0. The maximum absolute atomic E-state index is 12.7. The molecule has 0 atom stereocenters. The van der Waals surface area contributed by atoms with Crippen LogP contribution in [0.15, 0.2) is 77.7 Å². The van der Waals surface area contributed by atoms with Crippen LogP contribution in [0.2, 0.25) is 10.0 Å². The van der Waals surface area contributed by atoms with Gasteiger partial charge in [-0.25, -0.2) is 0 Å². The number of nitrogens with zero attached hydrogens (tertiary/aromatic N) is 1. The Morgan fingerprint density at radius 2 is 1.55 bits per heavy atom. The summed E-state index contributed by atoms with van der Waals surface area (Å²) in [5.74, 6) is 0.991. The van der Waals surface area contributed by atoms with Crippen molar-refractivity contribution in [1.29, 1.82) is 0 Å². The van der Waals surface area contributed by atoms with Crippen LogP contribution in [0.1, 0.15) is 11.1 Å². The topological polar surface area (TPSA) is 55.8 Å². The zero-order valence-electron chi connectivity index (χ0n) is 17.4. The molecular formula is C25H19Cl2NO4S. The highest BCUT2D eigenvalue weighted by atomic mass is 35.5. The van der Waals surface area contributed by atoms with Gasteiger partial charge in [0.1, 0.15) is 24.7 Å². The van der Waals surface area contributed by atoms with Crippen molar-refractivity contribution in [1.82, 2.24) is 4.90 Å². The van der Waals surface area contributed by atoms with E-state index in [1.54, 1.807) is 30.3 Å². The van der Waals surface area contributed by atoms with Gasteiger partial charge in [0, 0.05) is 10.0 Å². The van der Waals surface area contributed by atoms with E-state index in [0.717, 1.165) is 22.9 Å². The Kier molecular flexibility index (Phi) is 7.60. The van der Waals surface area contributed by atoms with Gasteiger partial charge in [-0.15, -0.1) is 0 Å². The molecular weight excluding hydrogens is 481 g/mol. The molecule has 0 saturated carbocycles. The average molecular weight is 500 g/mol. The second-order valence-electron chi connectivity index (χ2n) is 7.12. The predicted octanol–water partition coefficient (Wildman–Crippen LogP) is 6.69. The summed E-state index contributed by atoms with van der Waals surface area (Å²) >= 11 is 12.8. The lowest BCUT2D eigenvalue weighted by atomic mass is 10.2. The van der Waals surface area contributed by atoms with Gasteiger partial charge in [0.15, 0.2) is 0 Å². The number of carbonyl (C=O) groups excluding carboxylic acids is 2. The molecule has 0 spiro atoms. The molecule has 1 fully saturated rings. The minimum atomic E-state index is -0.328. The van der Waals surface area contributed by atoms with Crippen molar-refractivity contribution >= 4 is 52.2 Å².